The molecule has 0 unspecified atom stereocenters. The first-order valence-electron chi connectivity index (χ1n) is 7.59. The van der Waals surface area contributed by atoms with E-state index in [9.17, 15) is 10.1 Å². The highest BCUT2D eigenvalue weighted by molar-refractivity contribution is 5.68. The molecule has 9 heteroatoms. The van der Waals surface area contributed by atoms with Crippen molar-refractivity contribution in [2.75, 3.05) is 12.4 Å². The van der Waals surface area contributed by atoms with Crippen molar-refractivity contribution < 1.29 is 14.4 Å². The van der Waals surface area contributed by atoms with Crippen LogP contribution in [0.5, 0.6) is 17.4 Å². The van der Waals surface area contributed by atoms with E-state index in [1.54, 1.807) is 36.5 Å². The number of benzene rings is 1. The van der Waals surface area contributed by atoms with Crippen molar-refractivity contribution in [1.29, 1.82) is 0 Å². The molecule has 0 spiro atoms. The molecule has 0 amide bonds. The van der Waals surface area contributed by atoms with Crippen molar-refractivity contribution >= 4 is 17.3 Å². The lowest BCUT2D eigenvalue weighted by molar-refractivity contribution is -0.385. The Balaban J connectivity index is 2.01. The summed E-state index contributed by atoms with van der Waals surface area (Å²) in [4.78, 5) is 23.0. The second kappa shape index (κ2) is 7.43. The summed E-state index contributed by atoms with van der Waals surface area (Å²) in [7, 11) is 1.48. The molecule has 0 bridgehead atoms. The maximum atomic E-state index is 11.6. The fourth-order valence-corrected chi connectivity index (χ4v) is 2.23. The van der Waals surface area contributed by atoms with Gasteiger partial charge in [-0.3, -0.25) is 10.1 Å². The molecule has 0 fully saturated rings. The van der Waals surface area contributed by atoms with E-state index in [4.69, 9.17) is 9.47 Å². The van der Waals surface area contributed by atoms with Gasteiger partial charge in [0, 0.05) is 6.20 Å². The normalized spacial score (nSPS) is 10.2. The quantitative estimate of drug-likeness (QED) is 0.528. The van der Waals surface area contributed by atoms with Gasteiger partial charge in [0.25, 0.3) is 0 Å². The van der Waals surface area contributed by atoms with Crippen LogP contribution in [-0.2, 0) is 0 Å². The summed E-state index contributed by atoms with van der Waals surface area (Å²) in [6.07, 6.45) is 2.76. The summed E-state index contributed by atoms with van der Waals surface area (Å²) >= 11 is 0. The summed E-state index contributed by atoms with van der Waals surface area (Å²) in [6, 6.07) is 10.4. The minimum Gasteiger partial charge on any atom is -0.493 e. The van der Waals surface area contributed by atoms with Gasteiger partial charge in [-0.05, 0) is 30.7 Å². The highest BCUT2D eigenvalue weighted by Crippen LogP contribution is 2.38. The Bertz CT molecular complexity index is 948. The lowest BCUT2D eigenvalue weighted by Crippen LogP contribution is -2.05. The number of para-hydroxylation sites is 2. The fraction of sp³-hybridized carbons (Fsp3) is 0.118. The smallest absolute Gasteiger partial charge is 0.373 e. The molecule has 1 aromatic carbocycles. The molecule has 0 aliphatic carbocycles. The molecule has 0 saturated heterocycles. The number of hydrogen-bond acceptors (Lipinski definition) is 8. The highest BCUT2D eigenvalue weighted by atomic mass is 16.6. The van der Waals surface area contributed by atoms with Crippen LogP contribution in [0.3, 0.4) is 0 Å². The Hall–Kier alpha value is -3.75. The zero-order valence-corrected chi connectivity index (χ0v) is 14.0. The molecule has 9 nitrogen and oxygen atoms in total. The van der Waals surface area contributed by atoms with Crippen LogP contribution in [-0.4, -0.2) is 27.0 Å². The fourth-order valence-electron chi connectivity index (χ4n) is 2.23. The molecule has 0 radical (unpaired) electrons. The van der Waals surface area contributed by atoms with Gasteiger partial charge in [-0.25, -0.2) is 9.97 Å². The summed E-state index contributed by atoms with van der Waals surface area (Å²) in [5, 5.41) is 14.5. The number of hydrogen-bond donors (Lipinski definition) is 1. The van der Waals surface area contributed by atoms with E-state index in [1.165, 1.54) is 13.4 Å². The van der Waals surface area contributed by atoms with E-state index in [0.29, 0.717) is 17.3 Å². The first-order chi connectivity index (χ1) is 12.6. The van der Waals surface area contributed by atoms with Gasteiger partial charge in [0.1, 0.15) is 12.1 Å². The number of rotatable bonds is 6. The van der Waals surface area contributed by atoms with Crippen LogP contribution in [0.4, 0.5) is 17.3 Å². The number of nitrogens with one attached hydrogen (secondary N) is 1. The Morgan fingerprint density at radius 2 is 1.81 bits per heavy atom. The Morgan fingerprint density at radius 3 is 2.50 bits per heavy atom. The number of anilines is 2. The third-order valence-corrected chi connectivity index (χ3v) is 3.49. The molecular weight excluding hydrogens is 338 g/mol. The molecule has 3 aromatic rings. The standard InChI is InChI=1S/C17H15N5O4/c1-11-6-5-9-18-15(11)21-16-14(22(23)24)17(20-10-19-16)26-13-8-4-3-7-12(13)25-2/h3-10H,1-2H3,(H,18,19,20,21). The SMILES string of the molecule is COc1ccccc1Oc1ncnc(Nc2ncccc2C)c1[N+](=O)[O-]. The van der Waals surface area contributed by atoms with Gasteiger partial charge >= 0.3 is 11.6 Å². The van der Waals surface area contributed by atoms with Gasteiger partial charge in [-0.1, -0.05) is 18.2 Å². The topological polar surface area (TPSA) is 112 Å². The van der Waals surface area contributed by atoms with Crippen LogP contribution >= 0.6 is 0 Å². The maximum absolute atomic E-state index is 11.6. The number of aromatic nitrogens is 3. The summed E-state index contributed by atoms with van der Waals surface area (Å²) in [5.74, 6) is 0.965. The minimum atomic E-state index is -0.606. The van der Waals surface area contributed by atoms with Crippen LogP contribution in [0.15, 0.2) is 48.9 Å². The van der Waals surface area contributed by atoms with Gasteiger partial charge < -0.3 is 14.8 Å². The number of nitrogens with zero attached hydrogens (tertiary/aromatic N) is 4. The number of ether oxygens (including phenoxy) is 2. The van der Waals surface area contributed by atoms with E-state index in [-0.39, 0.29) is 11.7 Å². The van der Waals surface area contributed by atoms with Gasteiger partial charge in [-0.2, -0.15) is 4.98 Å². The highest BCUT2D eigenvalue weighted by Gasteiger charge is 2.26. The third kappa shape index (κ3) is 3.51. The third-order valence-electron chi connectivity index (χ3n) is 3.49. The number of methoxy groups -OCH3 is 1. The minimum absolute atomic E-state index is 0.0169. The summed E-state index contributed by atoms with van der Waals surface area (Å²) < 4.78 is 10.8. The Morgan fingerprint density at radius 1 is 1.04 bits per heavy atom. The zero-order valence-electron chi connectivity index (χ0n) is 14.0. The molecule has 0 saturated carbocycles. The van der Waals surface area contributed by atoms with Crippen LogP contribution in [0.1, 0.15) is 5.56 Å². The van der Waals surface area contributed by atoms with Crippen LogP contribution < -0.4 is 14.8 Å². The molecule has 1 N–H and O–H groups in total. The Labute approximate surface area is 148 Å². The number of aryl methyl sites for hydroxylation is 1. The van der Waals surface area contributed by atoms with Gasteiger partial charge in [0.15, 0.2) is 11.5 Å². The lowest BCUT2D eigenvalue weighted by atomic mass is 10.3. The largest absolute Gasteiger partial charge is 0.493 e. The van der Waals surface area contributed by atoms with Crippen LogP contribution in [0.25, 0.3) is 0 Å². The van der Waals surface area contributed by atoms with Crippen LogP contribution in [0.2, 0.25) is 0 Å². The first-order valence-corrected chi connectivity index (χ1v) is 7.59. The Kier molecular flexibility index (Phi) is 4.88. The van der Waals surface area contributed by atoms with E-state index in [0.717, 1.165) is 5.56 Å². The van der Waals surface area contributed by atoms with Crippen LogP contribution in [0, 0.1) is 17.0 Å². The van der Waals surface area contributed by atoms with Crippen molar-refractivity contribution in [2.24, 2.45) is 0 Å². The average Bonchev–Trinajstić information content (AvgIpc) is 2.64. The molecule has 0 aliphatic rings. The molecular formula is C17H15N5O4. The van der Waals surface area contributed by atoms with E-state index in [2.05, 4.69) is 20.3 Å². The molecule has 132 valence electrons. The van der Waals surface area contributed by atoms with Crippen molar-refractivity contribution in [1.82, 2.24) is 15.0 Å². The van der Waals surface area contributed by atoms with E-state index < -0.39 is 10.6 Å². The van der Waals surface area contributed by atoms with Crippen molar-refractivity contribution in [3.8, 4) is 17.4 Å². The molecule has 2 heterocycles. The lowest BCUT2D eigenvalue weighted by Gasteiger charge is -2.11. The second-order valence-electron chi connectivity index (χ2n) is 5.18. The van der Waals surface area contributed by atoms with Gasteiger partial charge in [-0.15, -0.1) is 0 Å². The number of pyridine rings is 1. The number of nitro groups is 1. The molecule has 3 rings (SSSR count). The predicted octanol–water partition coefficient (Wildman–Crippen LogP) is 3.63. The van der Waals surface area contributed by atoms with E-state index in [1.807, 2.05) is 13.0 Å². The molecule has 0 atom stereocenters. The first kappa shape index (κ1) is 17.1. The zero-order chi connectivity index (χ0) is 18.5. The van der Waals surface area contributed by atoms with Crippen molar-refractivity contribution in [3.05, 3.63) is 64.6 Å². The summed E-state index contributed by atoms with van der Waals surface area (Å²) in [5.41, 5.74) is 0.413. The monoisotopic (exact) mass is 353 g/mol. The van der Waals surface area contributed by atoms with E-state index >= 15 is 0 Å². The molecule has 26 heavy (non-hydrogen) atoms. The summed E-state index contributed by atoms with van der Waals surface area (Å²) in [6.45, 7) is 1.83. The van der Waals surface area contributed by atoms with Gasteiger partial charge in [0.2, 0.25) is 5.82 Å². The predicted molar refractivity (Wildman–Crippen MR) is 94.0 cm³/mol. The molecule has 0 aliphatic heterocycles. The van der Waals surface area contributed by atoms with Crippen molar-refractivity contribution in [3.63, 3.8) is 0 Å². The average molecular weight is 353 g/mol. The maximum Gasteiger partial charge on any atom is 0.373 e. The second-order valence-corrected chi connectivity index (χ2v) is 5.18. The van der Waals surface area contributed by atoms with Gasteiger partial charge in [0.05, 0.1) is 12.0 Å². The molecule has 2 aromatic heterocycles. The van der Waals surface area contributed by atoms with Crippen molar-refractivity contribution in [2.45, 2.75) is 6.92 Å².